The van der Waals surface area contributed by atoms with E-state index < -0.39 is 0 Å². The Kier molecular flexibility index (Phi) is 7.65. The molecule has 3 rings (SSSR count). The van der Waals surface area contributed by atoms with Gasteiger partial charge in [0.2, 0.25) is 5.91 Å². The van der Waals surface area contributed by atoms with Gasteiger partial charge < -0.3 is 20.3 Å². The van der Waals surface area contributed by atoms with Gasteiger partial charge in [-0.2, -0.15) is 0 Å². The van der Waals surface area contributed by atoms with E-state index in [1.54, 1.807) is 31.2 Å². The molecule has 0 spiro atoms. The molecule has 2 N–H and O–H groups in total. The van der Waals surface area contributed by atoms with Crippen molar-refractivity contribution in [3.8, 4) is 5.75 Å². The Bertz CT molecular complexity index is 987. The monoisotopic (exact) mass is 417 g/mol. The van der Waals surface area contributed by atoms with E-state index in [9.17, 15) is 9.59 Å². The molecule has 6 heteroatoms. The molecule has 0 unspecified atom stereocenters. The van der Waals surface area contributed by atoms with Gasteiger partial charge in [-0.25, -0.2) is 4.79 Å². The van der Waals surface area contributed by atoms with Crippen molar-refractivity contribution in [1.29, 1.82) is 0 Å². The first kappa shape index (κ1) is 21.9. The number of benzene rings is 3. The van der Waals surface area contributed by atoms with Crippen molar-refractivity contribution in [1.82, 2.24) is 5.32 Å². The van der Waals surface area contributed by atoms with E-state index in [1.807, 2.05) is 66.7 Å². The van der Waals surface area contributed by atoms with Crippen molar-refractivity contribution in [2.24, 2.45) is 0 Å². The lowest BCUT2D eigenvalue weighted by Gasteiger charge is -2.17. The van der Waals surface area contributed by atoms with Crippen LogP contribution >= 0.6 is 0 Å². The van der Waals surface area contributed by atoms with Crippen LogP contribution < -0.4 is 20.3 Å². The zero-order valence-corrected chi connectivity index (χ0v) is 17.8. The highest BCUT2D eigenvalue weighted by molar-refractivity contribution is 5.94. The topological polar surface area (TPSA) is 70.7 Å². The molecule has 0 atom stereocenters. The van der Waals surface area contributed by atoms with Gasteiger partial charge in [0.15, 0.2) is 0 Å². The standard InChI is InChI=1S/C25H27N3O3/c1-28(22-6-4-3-5-7-22)24(29)18-20-8-12-21(13-9-20)27-25(30)26-17-16-19-10-14-23(31-2)15-11-19/h3-15H,16-18H2,1-2H3,(H2,26,27,30). The molecule has 3 aromatic carbocycles. The highest BCUT2D eigenvalue weighted by Gasteiger charge is 2.11. The average Bonchev–Trinajstić information content (AvgIpc) is 2.81. The Morgan fingerprint density at radius 1 is 0.871 bits per heavy atom. The second kappa shape index (κ2) is 10.8. The molecule has 160 valence electrons. The Balaban J connectivity index is 1.44. The summed E-state index contributed by atoms with van der Waals surface area (Å²) >= 11 is 0. The van der Waals surface area contributed by atoms with Crippen LogP contribution in [0.3, 0.4) is 0 Å². The third-order valence-electron chi connectivity index (χ3n) is 4.94. The van der Waals surface area contributed by atoms with Crippen LogP contribution in [-0.2, 0) is 17.6 Å². The van der Waals surface area contributed by atoms with Crippen molar-refractivity contribution < 1.29 is 14.3 Å². The molecule has 0 bridgehead atoms. The third kappa shape index (κ3) is 6.60. The van der Waals surface area contributed by atoms with Gasteiger partial charge in [0.05, 0.1) is 13.5 Å². The number of amides is 3. The molecule has 0 saturated heterocycles. The summed E-state index contributed by atoms with van der Waals surface area (Å²) < 4.78 is 5.14. The predicted octanol–water partition coefficient (Wildman–Crippen LogP) is 4.26. The summed E-state index contributed by atoms with van der Waals surface area (Å²) in [6.07, 6.45) is 1.02. The van der Waals surface area contributed by atoms with E-state index in [0.717, 1.165) is 29.0 Å². The molecular weight excluding hydrogens is 390 g/mol. The van der Waals surface area contributed by atoms with Gasteiger partial charge in [-0.1, -0.05) is 42.5 Å². The first-order valence-corrected chi connectivity index (χ1v) is 10.1. The van der Waals surface area contributed by atoms with E-state index in [1.165, 1.54) is 0 Å². The largest absolute Gasteiger partial charge is 0.497 e. The molecule has 31 heavy (non-hydrogen) atoms. The van der Waals surface area contributed by atoms with Crippen molar-refractivity contribution in [2.75, 3.05) is 30.9 Å². The lowest BCUT2D eigenvalue weighted by molar-refractivity contribution is -0.117. The van der Waals surface area contributed by atoms with Gasteiger partial charge in [-0.05, 0) is 53.9 Å². The molecule has 0 aliphatic rings. The van der Waals surface area contributed by atoms with Gasteiger partial charge >= 0.3 is 6.03 Å². The second-order valence-corrected chi connectivity index (χ2v) is 7.14. The van der Waals surface area contributed by atoms with Gasteiger partial charge in [-0.3, -0.25) is 4.79 Å². The number of ether oxygens (including phenoxy) is 1. The van der Waals surface area contributed by atoms with Crippen LogP contribution in [0.5, 0.6) is 5.75 Å². The van der Waals surface area contributed by atoms with E-state index in [-0.39, 0.29) is 11.9 Å². The summed E-state index contributed by atoms with van der Waals surface area (Å²) in [4.78, 5) is 26.2. The van der Waals surface area contributed by atoms with Crippen molar-refractivity contribution in [3.63, 3.8) is 0 Å². The van der Waals surface area contributed by atoms with Gasteiger partial charge in [0.25, 0.3) is 0 Å². The minimum atomic E-state index is -0.263. The fraction of sp³-hybridized carbons (Fsp3) is 0.200. The molecule has 3 aromatic rings. The Morgan fingerprint density at radius 3 is 2.16 bits per heavy atom. The summed E-state index contributed by atoms with van der Waals surface area (Å²) in [6.45, 7) is 0.524. The van der Waals surface area contributed by atoms with Gasteiger partial charge in [-0.15, -0.1) is 0 Å². The number of methoxy groups -OCH3 is 1. The zero-order chi connectivity index (χ0) is 22.1. The maximum atomic E-state index is 12.5. The molecule has 0 fully saturated rings. The van der Waals surface area contributed by atoms with Crippen LogP contribution in [0.25, 0.3) is 0 Å². The first-order valence-electron chi connectivity index (χ1n) is 10.1. The fourth-order valence-corrected chi connectivity index (χ4v) is 3.08. The first-order chi connectivity index (χ1) is 15.0. The predicted molar refractivity (Wildman–Crippen MR) is 124 cm³/mol. The van der Waals surface area contributed by atoms with Gasteiger partial charge in [0.1, 0.15) is 5.75 Å². The minimum absolute atomic E-state index is 0.00295. The smallest absolute Gasteiger partial charge is 0.319 e. The van der Waals surface area contributed by atoms with Crippen molar-refractivity contribution in [3.05, 3.63) is 90.0 Å². The van der Waals surface area contributed by atoms with Crippen LogP contribution in [0.15, 0.2) is 78.9 Å². The summed E-state index contributed by atoms with van der Waals surface area (Å²) in [7, 11) is 3.40. The third-order valence-corrected chi connectivity index (χ3v) is 4.94. The number of hydrogen-bond acceptors (Lipinski definition) is 3. The molecule has 0 aromatic heterocycles. The van der Waals surface area contributed by atoms with E-state index in [0.29, 0.717) is 18.7 Å². The zero-order valence-electron chi connectivity index (χ0n) is 17.8. The quantitative estimate of drug-likeness (QED) is 0.575. The number of rotatable bonds is 8. The summed E-state index contributed by atoms with van der Waals surface area (Å²) in [5, 5.41) is 5.66. The van der Waals surface area contributed by atoms with Crippen LogP contribution in [0, 0.1) is 0 Å². The number of likely N-dealkylation sites (N-methyl/N-ethyl adjacent to an activating group) is 1. The molecule has 3 amide bonds. The number of carbonyl (C=O) groups excluding carboxylic acids is 2. The normalized spacial score (nSPS) is 10.3. The average molecular weight is 418 g/mol. The lowest BCUT2D eigenvalue weighted by Crippen LogP contribution is -2.30. The molecule has 0 radical (unpaired) electrons. The molecule has 0 aliphatic heterocycles. The van der Waals surface area contributed by atoms with Crippen LogP contribution in [0.4, 0.5) is 16.2 Å². The number of anilines is 2. The molecule has 0 aliphatic carbocycles. The summed E-state index contributed by atoms with van der Waals surface area (Å²) in [5.41, 5.74) is 3.54. The SMILES string of the molecule is COc1ccc(CCNC(=O)Nc2ccc(CC(=O)N(C)c3ccccc3)cc2)cc1. The molecular formula is C25H27N3O3. The van der Waals surface area contributed by atoms with Crippen molar-refractivity contribution >= 4 is 23.3 Å². The van der Waals surface area contributed by atoms with E-state index in [2.05, 4.69) is 10.6 Å². The molecule has 0 saturated carbocycles. The van der Waals surface area contributed by atoms with Crippen LogP contribution in [-0.4, -0.2) is 32.6 Å². The maximum absolute atomic E-state index is 12.5. The van der Waals surface area contributed by atoms with Crippen molar-refractivity contribution in [2.45, 2.75) is 12.8 Å². The Hall–Kier alpha value is -3.80. The van der Waals surface area contributed by atoms with E-state index in [4.69, 9.17) is 4.74 Å². The van der Waals surface area contributed by atoms with E-state index >= 15 is 0 Å². The maximum Gasteiger partial charge on any atom is 0.319 e. The number of hydrogen-bond donors (Lipinski definition) is 2. The van der Waals surface area contributed by atoms with Gasteiger partial charge in [0, 0.05) is 25.0 Å². The summed E-state index contributed by atoms with van der Waals surface area (Å²) in [6, 6.07) is 24.3. The number of para-hydroxylation sites is 1. The number of urea groups is 1. The van der Waals surface area contributed by atoms with Crippen LogP contribution in [0.2, 0.25) is 0 Å². The second-order valence-electron chi connectivity index (χ2n) is 7.14. The lowest BCUT2D eigenvalue weighted by atomic mass is 10.1. The highest BCUT2D eigenvalue weighted by Crippen LogP contribution is 2.15. The fourth-order valence-electron chi connectivity index (χ4n) is 3.08. The summed E-state index contributed by atoms with van der Waals surface area (Å²) in [5.74, 6) is 0.814. The minimum Gasteiger partial charge on any atom is -0.497 e. The molecule has 6 nitrogen and oxygen atoms in total. The highest BCUT2D eigenvalue weighted by atomic mass is 16.5. The number of nitrogens with zero attached hydrogens (tertiary/aromatic N) is 1. The Labute approximate surface area is 182 Å². The number of nitrogens with one attached hydrogen (secondary N) is 2. The van der Waals surface area contributed by atoms with Crippen LogP contribution in [0.1, 0.15) is 11.1 Å². The number of carbonyl (C=O) groups is 2. The Morgan fingerprint density at radius 2 is 1.52 bits per heavy atom. The molecule has 0 heterocycles.